The third-order valence-electron chi connectivity index (χ3n) is 3.31. The van der Waals surface area contributed by atoms with Crippen LogP contribution in [0.3, 0.4) is 0 Å². The Bertz CT molecular complexity index is 553. The van der Waals surface area contributed by atoms with E-state index in [4.69, 9.17) is 5.11 Å². The van der Waals surface area contributed by atoms with Gasteiger partial charge in [-0.1, -0.05) is 20.8 Å². The summed E-state index contributed by atoms with van der Waals surface area (Å²) in [7, 11) is 0. The molecule has 1 aromatic carbocycles. The highest BCUT2D eigenvalue weighted by molar-refractivity contribution is 5.97. The zero-order valence-electron chi connectivity index (χ0n) is 13.4. The van der Waals surface area contributed by atoms with Crippen molar-refractivity contribution in [3.63, 3.8) is 0 Å². The van der Waals surface area contributed by atoms with Crippen molar-refractivity contribution in [2.75, 3.05) is 11.9 Å². The van der Waals surface area contributed by atoms with Gasteiger partial charge in [0.15, 0.2) is 0 Å². The largest absolute Gasteiger partial charge is 0.396 e. The van der Waals surface area contributed by atoms with Crippen LogP contribution < -0.4 is 10.6 Å². The van der Waals surface area contributed by atoms with E-state index in [9.17, 15) is 14.0 Å². The molecule has 0 aliphatic carbocycles. The molecule has 22 heavy (non-hydrogen) atoms. The van der Waals surface area contributed by atoms with E-state index in [1.807, 2.05) is 20.8 Å². The van der Waals surface area contributed by atoms with Crippen LogP contribution in [0.4, 0.5) is 10.1 Å². The van der Waals surface area contributed by atoms with Crippen LogP contribution >= 0.6 is 0 Å². The first-order valence-corrected chi connectivity index (χ1v) is 7.14. The number of aliphatic hydroxyl groups is 1. The van der Waals surface area contributed by atoms with Crippen LogP contribution in [0, 0.1) is 11.2 Å². The van der Waals surface area contributed by atoms with Crippen LogP contribution in [-0.2, 0) is 4.79 Å². The van der Waals surface area contributed by atoms with Gasteiger partial charge in [0.05, 0.1) is 5.69 Å². The fraction of sp³-hybridized carbons (Fsp3) is 0.500. The zero-order chi connectivity index (χ0) is 16.9. The standard InChI is InChI=1S/C16H23FN2O3/c1-10(21)18-13-9-11(5-6-12(13)17)15(22)19-14(7-8-20)16(2,3)4/h5-6,9,14,20H,7-8H2,1-4H3,(H,18,21)(H,19,22). The Morgan fingerprint density at radius 3 is 2.45 bits per heavy atom. The van der Waals surface area contributed by atoms with E-state index >= 15 is 0 Å². The first-order valence-electron chi connectivity index (χ1n) is 7.14. The molecule has 2 amide bonds. The van der Waals surface area contributed by atoms with Gasteiger partial charge in [-0.25, -0.2) is 4.39 Å². The van der Waals surface area contributed by atoms with Crippen molar-refractivity contribution in [1.82, 2.24) is 5.32 Å². The Kier molecular flexibility index (Phi) is 6.05. The lowest BCUT2D eigenvalue weighted by molar-refractivity contribution is -0.114. The van der Waals surface area contributed by atoms with Crippen LogP contribution in [0.15, 0.2) is 18.2 Å². The lowest BCUT2D eigenvalue weighted by Gasteiger charge is -2.31. The van der Waals surface area contributed by atoms with E-state index in [2.05, 4.69) is 10.6 Å². The number of hydrogen-bond acceptors (Lipinski definition) is 3. The van der Waals surface area contributed by atoms with Crippen LogP contribution in [-0.4, -0.2) is 29.6 Å². The molecule has 5 nitrogen and oxygen atoms in total. The van der Waals surface area contributed by atoms with Gasteiger partial charge in [0.1, 0.15) is 5.82 Å². The molecular formula is C16H23FN2O3. The zero-order valence-corrected chi connectivity index (χ0v) is 13.4. The van der Waals surface area contributed by atoms with Crippen molar-refractivity contribution < 1.29 is 19.1 Å². The number of carbonyl (C=O) groups excluding carboxylic acids is 2. The van der Waals surface area contributed by atoms with E-state index < -0.39 is 11.7 Å². The summed E-state index contributed by atoms with van der Waals surface area (Å²) in [6.07, 6.45) is 0.426. The highest BCUT2D eigenvalue weighted by Crippen LogP contribution is 2.23. The number of hydrogen-bond donors (Lipinski definition) is 3. The minimum atomic E-state index is -0.602. The van der Waals surface area contributed by atoms with Gasteiger partial charge in [-0.15, -0.1) is 0 Å². The van der Waals surface area contributed by atoms with Gasteiger partial charge in [-0.3, -0.25) is 9.59 Å². The Morgan fingerprint density at radius 1 is 1.32 bits per heavy atom. The number of benzene rings is 1. The summed E-state index contributed by atoms with van der Waals surface area (Å²) < 4.78 is 13.6. The maximum atomic E-state index is 13.6. The average Bonchev–Trinajstić information content (AvgIpc) is 2.39. The van der Waals surface area contributed by atoms with Crippen molar-refractivity contribution >= 4 is 17.5 Å². The fourth-order valence-electron chi connectivity index (χ4n) is 2.04. The fourth-order valence-corrected chi connectivity index (χ4v) is 2.04. The van der Waals surface area contributed by atoms with Crippen LogP contribution in [0.2, 0.25) is 0 Å². The second-order valence-electron chi connectivity index (χ2n) is 6.28. The van der Waals surface area contributed by atoms with E-state index in [-0.39, 0.29) is 35.2 Å². The van der Waals surface area contributed by atoms with Crippen LogP contribution in [0.1, 0.15) is 44.5 Å². The van der Waals surface area contributed by atoms with Crippen molar-refractivity contribution in [1.29, 1.82) is 0 Å². The molecule has 0 saturated heterocycles. The second kappa shape index (κ2) is 7.35. The maximum absolute atomic E-state index is 13.6. The van der Waals surface area contributed by atoms with Crippen molar-refractivity contribution in [2.24, 2.45) is 5.41 Å². The molecule has 1 rings (SSSR count). The van der Waals surface area contributed by atoms with E-state index in [0.29, 0.717) is 6.42 Å². The molecule has 1 unspecified atom stereocenters. The summed E-state index contributed by atoms with van der Waals surface area (Å²) in [5, 5.41) is 14.3. The molecule has 1 atom stereocenters. The molecule has 3 N–H and O–H groups in total. The second-order valence-corrected chi connectivity index (χ2v) is 6.28. The van der Waals surface area contributed by atoms with Crippen molar-refractivity contribution in [3.8, 4) is 0 Å². The molecule has 0 spiro atoms. The number of rotatable bonds is 5. The minimum absolute atomic E-state index is 0.0328. The van der Waals surface area contributed by atoms with Gasteiger partial charge < -0.3 is 15.7 Å². The molecule has 122 valence electrons. The number of anilines is 1. The highest BCUT2D eigenvalue weighted by Gasteiger charge is 2.26. The molecule has 0 aliphatic rings. The summed E-state index contributed by atoms with van der Waals surface area (Å²) in [5.74, 6) is -1.39. The van der Waals surface area contributed by atoms with E-state index in [1.54, 1.807) is 0 Å². The van der Waals surface area contributed by atoms with E-state index in [1.165, 1.54) is 19.1 Å². The molecule has 0 radical (unpaired) electrons. The first kappa shape index (κ1) is 18.1. The molecular weight excluding hydrogens is 287 g/mol. The van der Waals surface area contributed by atoms with Crippen LogP contribution in [0.5, 0.6) is 0 Å². The summed E-state index contributed by atoms with van der Waals surface area (Å²) in [6, 6.07) is 3.57. The average molecular weight is 310 g/mol. The van der Waals surface area contributed by atoms with Crippen molar-refractivity contribution in [2.45, 2.75) is 40.2 Å². The quantitative estimate of drug-likeness (QED) is 0.781. The summed E-state index contributed by atoms with van der Waals surface area (Å²) in [6.45, 7) is 7.11. The lowest BCUT2D eigenvalue weighted by atomic mass is 9.84. The van der Waals surface area contributed by atoms with Crippen molar-refractivity contribution in [3.05, 3.63) is 29.6 Å². The summed E-state index contributed by atoms with van der Waals surface area (Å²) in [4.78, 5) is 23.3. The number of amides is 2. The molecule has 1 aromatic rings. The maximum Gasteiger partial charge on any atom is 0.251 e. The molecule has 0 heterocycles. The Balaban J connectivity index is 2.95. The van der Waals surface area contributed by atoms with Gasteiger partial charge in [0, 0.05) is 25.1 Å². The molecule has 0 bridgehead atoms. The number of halogens is 1. The third-order valence-corrected chi connectivity index (χ3v) is 3.31. The Hall–Kier alpha value is -1.95. The predicted octanol–water partition coefficient (Wildman–Crippen LogP) is 2.31. The first-order chi connectivity index (χ1) is 10.1. The topological polar surface area (TPSA) is 78.4 Å². The predicted molar refractivity (Wildman–Crippen MR) is 83.1 cm³/mol. The Morgan fingerprint density at radius 2 is 1.95 bits per heavy atom. The number of carbonyl (C=O) groups is 2. The van der Waals surface area contributed by atoms with Crippen LogP contribution in [0.25, 0.3) is 0 Å². The van der Waals surface area contributed by atoms with E-state index in [0.717, 1.165) is 6.07 Å². The lowest BCUT2D eigenvalue weighted by Crippen LogP contribution is -2.44. The Labute approximate surface area is 129 Å². The van der Waals surface area contributed by atoms with Gasteiger partial charge in [0.2, 0.25) is 5.91 Å². The SMILES string of the molecule is CC(=O)Nc1cc(C(=O)NC(CCO)C(C)(C)C)ccc1F. The molecule has 0 aromatic heterocycles. The summed E-state index contributed by atoms with van der Waals surface area (Å²) in [5.41, 5.74) is -0.00855. The van der Waals surface area contributed by atoms with Gasteiger partial charge in [-0.05, 0) is 30.0 Å². The molecule has 0 fully saturated rings. The molecule has 0 aliphatic heterocycles. The third kappa shape index (κ3) is 5.11. The highest BCUT2D eigenvalue weighted by atomic mass is 19.1. The normalized spacial score (nSPS) is 12.6. The number of aliphatic hydroxyl groups excluding tert-OH is 1. The monoisotopic (exact) mass is 310 g/mol. The van der Waals surface area contributed by atoms with Gasteiger partial charge in [0.25, 0.3) is 5.91 Å². The summed E-state index contributed by atoms with van der Waals surface area (Å²) >= 11 is 0. The molecule has 6 heteroatoms. The van der Waals surface area contributed by atoms with Gasteiger partial charge in [-0.2, -0.15) is 0 Å². The van der Waals surface area contributed by atoms with Gasteiger partial charge >= 0.3 is 0 Å². The number of nitrogens with one attached hydrogen (secondary N) is 2. The smallest absolute Gasteiger partial charge is 0.251 e. The molecule has 0 saturated carbocycles. The minimum Gasteiger partial charge on any atom is -0.396 e.